The van der Waals surface area contributed by atoms with Crippen molar-refractivity contribution in [2.45, 2.75) is 6.92 Å². The van der Waals surface area contributed by atoms with E-state index in [-0.39, 0.29) is 0 Å². The van der Waals surface area contributed by atoms with Crippen LogP contribution in [-0.4, -0.2) is 11.7 Å². The molecule has 0 spiro atoms. The van der Waals surface area contributed by atoms with E-state index in [0.29, 0.717) is 5.56 Å². The Morgan fingerprint density at radius 2 is 2.00 bits per heavy atom. The number of hydrogen-bond donors (Lipinski definition) is 0. The van der Waals surface area contributed by atoms with Gasteiger partial charge in [0.15, 0.2) is 0 Å². The summed E-state index contributed by atoms with van der Waals surface area (Å²) in [4.78, 5) is 0. The third-order valence-electron chi connectivity index (χ3n) is 3.46. The highest BCUT2D eigenvalue weighted by Crippen LogP contribution is 2.26. The summed E-state index contributed by atoms with van der Waals surface area (Å²) in [6.07, 6.45) is 2.08. The van der Waals surface area contributed by atoms with E-state index in [2.05, 4.69) is 23.8 Å². The van der Waals surface area contributed by atoms with E-state index < -0.39 is 0 Å². The summed E-state index contributed by atoms with van der Waals surface area (Å²) in [5.41, 5.74) is 3.98. The van der Waals surface area contributed by atoms with Gasteiger partial charge < -0.3 is 9.30 Å². The van der Waals surface area contributed by atoms with Crippen LogP contribution in [0, 0.1) is 18.3 Å². The molecule has 0 saturated carbocycles. The van der Waals surface area contributed by atoms with E-state index in [0.717, 1.165) is 27.9 Å². The first-order chi connectivity index (χ1) is 9.72. The third-order valence-corrected chi connectivity index (χ3v) is 3.46. The Morgan fingerprint density at radius 1 is 1.15 bits per heavy atom. The second kappa shape index (κ2) is 4.75. The molecule has 0 saturated heterocycles. The summed E-state index contributed by atoms with van der Waals surface area (Å²) in [5, 5.41) is 10.1. The summed E-state index contributed by atoms with van der Waals surface area (Å²) in [5.74, 6) is 0.829. The van der Waals surface area contributed by atoms with E-state index in [4.69, 9.17) is 10.00 Å². The van der Waals surface area contributed by atoms with Crippen LogP contribution in [0.3, 0.4) is 0 Å². The predicted octanol–water partition coefficient (Wildman–Crippen LogP) is 3.82. The van der Waals surface area contributed by atoms with Crippen LogP contribution in [0.25, 0.3) is 16.6 Å². The monoisotopic (exact) mass is 262 g/mol. The Kier molecular flexibility index (Phi) is 2.92. The van der Waals surface area contributed by atoms with Crippen LogP contribution in [0.2, 0.25) is 0 Å². The highest BCUT2D eigenvalue weighted by atomic mass is 16.5. The molecule has 1 aromatic heterocycles. The minimum absolute atomic E-state index is 0.684. The SMILES string of the molecule is COc1cccc(-n2cc(C)c3cc(C#N)ccc32)c1. The normalized spacial score (nSPS) is 10.4. The summed E-state index contributed by atoms with van der Waals surface area (Å²) in [6.45, 7) is 2.06. The quantitative estimate of drug-likeness (QED) is 0.704. The molecule has 3 aromatic rings. The molecule has 0 N–H and O–H groups in total. The lowest BCUT2D eigenvalue weighted by Gasteiger charge is -2.07. The van der Waals surface area contributed by atoms with Gasteiger partial charge in [0.1, 0.15) is 5.75 Å². The molecule has 0 amide bonds. The predicted molar refractivity (Wildman–Crippen MR) is 79.3 cm³/mol. The Labute approximate surface area is 117 Å². The highest BCUT2D eigenvalue weighted by Gasteiger charge is 2.08. The average molecular weight is 262 g/mol. The molecule has 3 heteroatoms. The molecule has 0 bridgehead atoms. The molecule has 0 unspecified atom stereocenters. The maximum Gasteiger partial charge on any atom is 0.120 e. The van der Waals surface area contributed by atoms with Crippen LogP contribution in [-0.2, 0) is 0 Å². The van der Waals surface area contributed by atoms with Crippen LogP contribution in [0.1, 0.15) is 11.1 Å². The molecule has 0 atom stereocenters. The molecule has 0 aliphatic heterocycles. The number of nitriles is 1. The number of nitrogens with zero attached hydrogens (tertiary/aromatic N) is 2. The summed E-state index contributed by atoms with van der Waals surface area (Å²) in [7, 11) is 1.66. The standard InChI is InChI=1S/C17H14N2O/c1-12-11-19(14-4-3-5-15(9-14)20-2)17-7-6-13(10-18)8-16(12)17/h3-9,11H,1-2H3. The maximum absolute atomic E-state index is 9.01. The van der Waals surface area contributed by atoms with Crippen LogP contribution >= 0.6 is 0 Å². The van der Waals surface area contributed by atoms with Crippen molar-refractivity contribution in [2.24, 2.45) is 0 Å². The van der Waals surface area contributed by atoms with E-state index in [1.54, 1.807) is 7.11 Å². The number of aryl methyl sites for hydroxylation is 1. The van der Waals surface area contributed by atoms with Crippen LogP contribution < -0.4 is 4.74 Å². The topological polar surface area (TPSA) is 38.0 Å². The number of aromatic nitrogens is 1. The maximum atomic E-state index is 9.01. The lowest BCUT2D eigenvalue weighted by molar-refractivity contribution is 0.414. The second-order valence-corrected chi connectivity index (χ2v) is 4.73. The van der Waals surface area contributed by atoms with Crippen molar-refractivity contribution in [3.8, 4) is 17.5 Å². The molecule has 0 aliphatic carbocycles. The van der Waals surface area contributed by atoms with Crippen molar-refractivity contribution >= 4 is 10.9 Å². The van der Waals surface area contributed by atoms with E-state index >= 15 is 0 Å². The zero-order valence-corrected chi connectivity index (χ0v) is 11.4. The smallest absolute Gasteiger partial charge is 0.120 e. The van der Waals surface area contributed by atoms with Gasteiger partial charge in [-0.25, -0.2) is 0 Å². The van der Waals surface area contributed by atoms with Gasteiger partial charge in [-0.3, -0.25) is 0 Å². The Balaban J connectivity index is 2.24. The molecular formula is C17H14N2O. The van der Waals surface area contributed by atoms with E-state index in [1.807, 2.05) is 42.5 Å². The Bertz CT molecular complexity index is 825. The highest BCUT2D eigenvalue weighted by molar-refractivity contribution is 5.86. The van der Waals surface area contributed by atoms with Crippen molar-refractivity contribution in [1.29, 1.82) is 5.26 Å². The largest absolute Gasteiger partial charge is 0.497 e. The van der Waals surface area contributed by atoms with Gasteiger partial charge >= 0.3 is 0 Å². The lowest BCUT2D eigenvalue weighted by Crippen LogP contribution is -1.93. The molecular weight excluding hydrogens is 248 g/mol. The Morgan fingerprint density at radius 3 is 2.75 bits per heavy atom. The van der Waals surface area contributed by atoms with Gasteiger partial charge in [-0.1, -0.05) is 6.07 Å². The number of fused-ring (bicyclic) bond motifs is 1. The number of benzene rings is 2. The van der Waals surface area contributed by atoms with Gasteiger partial charge in [0, 0.05) is 23.3 Å². The second-order valence-electron chi connectivity index (χ2n) is 4.73. The van der Waals surface area contributed by atoms with Crippen LogP contribution in [0.15, 0.2) is 48.7 Å². The van der Waals surface area contributed by atoms with Crippen molar-refractivity contribution in [3.05, 3.63) is 59.8 Å². The third kappa shape index (κ3) is 1.92. The first kappa shape index (κ1) is 12.3. The lowest BCUT2D eigenvalue weighted by atomic mass is 10.1. The van der Waals surface area contributed by atoms with Gasteiger partial charge in [0.05, 0.1) is 24.3 Å². The zero-order valence-electron chi connectivity index (χ0n) is 11.4. The summed E-state index contributed by atoms with van der Waals surface area (Å²) < 4.78 is 7.39. The summed E-state index contributed by atoms with van der Waals surface area (Å²) in [6, 6.07) is 15.9. The molecule has 3 nitrogen and oxygen atoms in total. The van der Waals surface area contributed by atoms with Gasteiger partial charge in [0.25, 0.3) is 0 Å². The van der Waals surface area contributed by atoms with Gasteiger partial charge in [-0.15, -0.1) is 0 Å². The fraction of sp³-hybridized carbons (Fsp3) is 0.118. The molecule has 98 valence electrons. The van der Waals surface area contributed by atoms with Gasteiger partial charge in [-0.05, 0) is 42.8 Å². The fourth-order valence-corrected chi connectivity index (χ4v) is 2.44. The minimum atomic E-state index is 0.684. The minimum Gasteiger partial charge on any atom is -0.497 e. The van der Waals surface area contributed by atoms with Gasteiger partial charge in [-0.2, -0.15) is 5.26 Å². The summed E-state index contributed by atoms with van der Waals surface area (Å²) >= 11 is 0. The van der Waals surface area contributed by atoms with E-state index in [1.165, 1.54) is 0 Å². The zero-order chi connectivity index (χ0) is 14.1. The number of methoxy groups -OCH3 is 1. The van der Waals surface area contributed by atoms with Gasteiger partial charge in [0.2, 0.25) is 0 Å². The van der Waals surface area contributed by atoms with Crippen molar-refractivity contribution in [3.63, 3.8) is 0 Å². The Hall–Kier alpha value is -2.73. The fourth-order valence-electron chi connectivity index (χ4n) is 2.44. The van der Waals surface area contributed by atoms with Crippen molar-refractivity contribution in [1.82, 2.24) is 4.57 Å². The van der Waals surface area contributed by atoms with Crippen LogP contribution in [0.4, 0.5) is 0 Å². The first-order valence-corrected chi connectivity index (χ1v) is 6.39. The molecule has 0 aliphatic rings. The average Bonchev–Trinajstić information content (AvgIpc) is 2.84. The molecule has 1 heterocycles. The number of ether oxygens (including phenoxy) is 1. The molecule has 3 rings (SSSR count). The number of hydrogen-bond acceptors (Lipinski definition) is 2. The van der Waals surface area contributed by atoms with E-state index in [9.17, 15) is 0 Å². The molecule has 20 heavy (non-hydrogen) atoms. The molecule has 0 fully saturated rings. The van der Waals surface area contributed by atoms with Crippen molar-refractivity contribution < 1.29 is 4.74 Å². The number of rotatable bonds is 2. The molecule has 2 aromatic carbocycles. The van der Waals surface area contributed by atoms with Crippen LogP contribution in [0.5, 0.6) is 5.75 Å². The van der Waals surface area contributed by atoms with Crippen molar-refractivity contribution in [2.75, 3.05) is 7.11 Å². The molecule has 0 radical (unpaired) electrons. The first-order valence-electron chi connectivity index (χ1n) is 6.39.